The van der Waals surface area contributed by atoms with E-state index < -0.39 is 5.82 Å². The van der Waals surface area contributed by atoms with Crippen molar-refractivity contribution in [1.82, 2.24) is 9.97 Å². The summed E-state index contributed by atoms with van der Waals surface area (Å²) in [6.07, 6.45) is 0. The number of rotatable bonds is 7. The third kappa shape index (κ3) is 5.18. The molecule has 1 aromatic heterocycles. The van der Waals surface area contributed by atoms with Crippen molar-refractivity contribution in [3.8, 4) is 28.6 Å². The standard InChI is InChI=1S/C25H22FN3O2S/c1-16(2)19-7-3-4-8-20(19)22-15-24(31-23-10-6-5-9-21(23)26)28-25(27-22)29-32-18-13-11-17(30)12-14-18/h3-16,30H,1-2H3,(H,27,28,29). The third-order valence-corrected chi connectivity index (χ3v) is 5.50. The number of hydrogen-bond donors (Lipinski definition) is 2. The number of aromatic nitrogens is 2. The summed E-state index contributed by atoms with van der Waals surface area (Å²) in [7, 11) is 0. The molecule has 32 heavy (non-hydrogen) atoms. The second-order valence-corrected chi connectivity index (χ2v) is 8.27. The minimum Gasteiger partial charge on any atom is -0.508 e. The number of nitrogens with one attached hydrogen (secondary N) is 1. The van der Waals surface area contributed by atoms with Crippen molar-refractivity contribution < 1.29 is 14.2 Å². The molecule has 0 saturated carbocycles. The molecule has 0 fully saturated rings. The summed E-state index contributed by atoms with van der Waals surface area (Å²) in [4.78, 5) is 9.97. The fourth-order valence-electron chi connectivity index (χ4n) is 3.15. The lowest BCUT2D eigenvalue weighted by molar-refractivity contribution is 0.427. The van der Waals surface area contributed by atoms with Crippen LogP contribution in [-0.4, -0.2) is 15.1 Å². The van der Waals surface area contributed by atoms with E-state index in [0.29, 0.717) is 17.6 Å². The van der Waals surface area contributed by atoms with E-state index >= 15 is 0 Å². The molecule has 0 bridgehead atoms. The number of nitrogens with zero attached hydrogens (tertiary/aromatic N) is 2. The fourth-order valence-corrected chi connectivity index (χ4v) is 3.73. The Kier molecular flexibility index (Phi) is 6.56. The number of para-hydroxylation sites is 1. The maximum absolute atomic E-state index is 14.2. The molecule has 4 aromatic rings. The van der Waals surface area contributed by atoms with Crippen LogP contribution in [0.2, 0.25) is 0 Å². The first kappa shape index (κ1) is 21.6. The van der Waals surface area contributed by atoms with Crippen LogP contribution in [0.15, 0.2) is 83.8 Å². The van der Waals surface area contributed by atoms with E-state index in [0.717, 1.165) is 16.0 Å². The molecule has 1 heterocycles. The number of phenolic OH excluding ortho intramolecular Hbond substituents is 1. The summed E-state index contributed by atoms with van der Waals surface area (Å²) in [5.41, 5.74) is 2.77. The van der Waals surface area contributed by atoms with E-state index in [1.54, 1.807) is 48.5 Å². The van der Waals surface area contributed by atoms with E-state index in [-0.39, 0.29) is 17.4 Å². The number of anilines is 1. The van der Waals surface area contributed by atoms with Gasteiger partial charge in [-0.15, -0.1) is 0 Å². The average Bonchev–Trinajstić information content (AvgIpc) is 2.80. The van der Waals surface area contributed by atoms with Crippen LogP contribution in [0.3, 0.4) is 0 Å². The maximum atomic E-state index is 14.2. The van der Waals surface area contributed by atoms with Crippen molar-refractivity contribution in [3.05, 3.63) is 90.2 Å². The van der Waals surface area contributed by atoms with Crippen LogP contribution in [0.4, 0.5) is 10.3 Å². The highest BCUT2D eigenvalue weighted by Crippen LogP contribution is 2.33. The second kappa shape index (κ2) is 9.70. The fraction of sp³-hybridized carbons (Fsp3) is 0.120. The molecule has 0 aliphatic carbocycles. The molecular formula is C25H22FN3O2S. The summed E-state index contributed by atoms with van der Waals surface area (Å²) in [5.74, 6) is 0.658. The molecule has 0 saturated heterocycles. The van der Waals surface area contributed by atoms with E-state index in [1.807, 2.05) is 18.2 Å². The Morgan fingerprint density at radius 3 is 2.41 bits per heavy atom. The molecular weight excluding hydrogens is 425 g/mol. The highest BCUT2D eigenvalue weighted by atomic mass is 32.2. The van der Waals surface area contributed by atoms with Crippen LogP contribution in [0, 0.1) is 5.82 Å². The SMILES string of the molecule is CC(C)c1ccccc1-c1cc(Oc2ccccc2F)nc(NSc2ccc(O)cc2)n1. The monoisotopic (exact) mass is 447 g/mol. The Bertz CT molecular complexity index is 1220. The van der Waals surface area contributed by atoms with Gasteiger partial charge in [-0.2, -0.15) is 4.98 Å². The van der Waals surface area contributed by atoms with E-state index in [9.17, 15) is 9.50 Å². The number of halogens is 1. The first-order valence-corrected chi connectivity index (χ1v) is 10.9. The summed E-state index contributed by atoms with van der Waals surface area (Å²) in [6.45, 7) is 4.24. The highest BCUT2D eigenvalue weighted by Gasteiger charge is 2.14. The molecule has 162 valence electrons. The predicted molar refractivity (Wildman–Crippen MR) is 126 cm³/mol. The van der Waals surface area contributed by atoms with E-state index in [1.165, 1.54) is 18.0 Å². The molecule has 0 radical (unpaired) electrons. The van der Waals surface area contributed by atoms with Gasteiger partial charge < -0.3 is 9.84 Å². The zero-order valence-corrected chi connectivity index (χ0v) is 18.4. The van der Waals surface area contributed by atoms with Gasteiger partial charge in [-0.05, 0) is 59.8 Å². The van der Waals surface area contributed by atoms with Crippen molar-refractivity contribution in [1.29, 1.82) is 0 Å². The maximum Gasteiger partial charge on any atom is 0.237 e. The van der Waals surface area contributed by atoms with Crippen LogP contribution < -0.4 is 9.46 Å². The zero-order chi connectivity index (χ0) is 22.5. The third-order valence-electron chi connectivity index (χ3n) is 4.71. The van der Waals surface area contributed by atoms with Gasteiger partial charge in [0.1, 0.15) is 5.75 Å². The Hall–Kier alpha value is -3.58. The first-order valence-electron chi connectivity index (χ1n) is 10.1. The Balaban J connectivity index is 1.71. The predicted octanol–water partition coefficient (Wildman–Crippen LogP) is 7.02. The first-order chi connectivity index (χ1) is 15.5. The normalized spacial score (nSPS) is 10.9. The van der Waals surface area contributed by atoms with Gasteiger partial charge >= 0.3 is 0 Å². The Morgan fingerprint density at radius 1 is 0.938 bits per heavy atom. The van der Waals surface area contributed by atoms with Gasteiger partial charge in [-0.3, -0.25) is 4.72 Å². The molecule has 0 atom stereocenters. The summed E-state index contributed by atoms with van der Waals surface area (Å²) < 4.78 is 23.1. The number of phenols is 1. The van der Waals surface area contributed by atoms with E-state index in [4.69, 9.17) is 4.74 Å². The number of hydrogen-bond acceptors (Lipinski definition) is 6. The second-order valence-electron chi connectivity index (χ2n) is 7.39. The lowest BCUT2D eigenvalue weighted by Crippen LogP contribution is -2.01. The lowest BCUT2D eigenvalue weighted by Gasteiger charge is -2.15. The largest absolute Gasteiger partial charge is 0.508 e. The Morgan fingerprint density at radius 2 is 1.66 bits per heavy atom. The molecule has 0 aliphatic heterocycles. The summed E-state index contributed by atoms with van der Waals surface area (Å²) in [5, 5.41) is 9.47. The smallest absolute Gasteiger partial charge is 0.237 e. The van der Waals surface area contributed by atoms with Gasteiger partial charge in [-0.25, -0.2) is 9.37 Å². The molecule has 4 rings (SSSR count). The van der Waals surface area contributed by atoms with Gasteiger partial charge in [0.2, 0.25) is 11.8 Å². The number of aromatic hydroxyl groups is 1. The molecule has 3 aromatic carbocycles. The van der Waals surface area contributed by atoms with Crippen LogP contribution in [0.25, 0.3) is 11.3 Å². The molecule has 0 spiro atoms. The van der Waals surface area contributed by atoms with Crippen LogP contribution in [-0.2, 0) is 0 Å². The molecule has 0 unspecified atom stereocenters. The van der Waals surface area contributed by atoms with Gasteiger partial charge in [0.25, 0.3) is 0 Å². The quantitative estimate of drug-likeness (QED) is 0.297. The van der Waals surface area contributed by atoms with Crippen LogP contribution in [0.5, 0.6) is 17.4 Å². The van der Waals surface area contributed by atoms with Gasteiger partial charge in [0, 0.05) is 16.5 Å². The highest BCUT2D eigenvalue weighted by molar-refractivity contribution is 8.00. The average molecular weight is 448 g/mol. The molecule has 0 amide bonds. The zero-order valence-electron chi connectivity index (χ0n) is 17.6. The van der Waals surface area contributed by atoms with E-state index in [2.05, 4.69) is 34.6 Å². The van der Waals surface area contributed by atoms with Crippen molar-refractivity contribution in [2.75, 3.05) is 4.72 Å². The van der Waals surface area contributed by atoms with Gasteiger partial charge in [-0.1, -0.05) is 50.2 Å². The Labute approximate surface area is 190 Å². The number of benzene rings is 3. The molecule has 5 nitrogen and oxygen atoms in total. The minimum absolute atomic E-state index is 0.0893. The van der Waals surface area contributed by atoms with Crippen LogP contribution >= 0.6 is 11.9 Å². The lowest BCUT2D eigenvalue weighted by atomic mass is 9.95. The molecule has 0 aliphatic rings. The summed E-state index contributed by atoms with van der Waals surface area (Å²) >= 11 is 1.30. The minimum atomic E-state index is -0.469. The van der Waals surface area contributed by atoms with Crippen LogP contribution in [0.1, 0.15) is 25.3 Å². The molecule has 2 N–H and O–H groups in total. The van der Waals surface area contributed by atoms with Gasteiger partial charge in [0.05, 0.1) is 5.69 Å². The number of ether oxygens (including phenoxy) is 1. The van der Waals surface area contributed by atoms with Crippen molar-refractivity contribution in [2.24, 2.45) is 0 Å². The molecule has 7 heteroatoms. The van der Waals surface area contributed by atoms with Gasteiger partial charge in [0.15, 0.2) is 11.6 Å². The topological polar surface area (TPSA) is 67.3 Å². The summed E-state index contributed by atoms with van der Waals surface area (Å²) in [6, 6.07) is 22.7. The van der Waals surface area contributed by atoms with Crippen molar-refractivity contribution >= 4 is 17.9 Å². The van der Waals surface area contributed by atoms with Crippen molar-refractivity contribution in [2.45, 2.75) is 24.7 Å². The van der Waals surface area contributed by atoms with Crippen molar-refractivity contribution in [3.63, 3.8) is 0 Å².